The average molecular weight is 434 g/mol. The molecule has 0 bridgehead atoms. The molecule has 0 N–H and O–H groups in total. The SMILES string of the molecule is Cc1nc(N2CCCCC2)cc(N2CCN(S(=O)(=O)c3ccc(F)cc3C)CC2)n1. The van der Waals surface area contributed by atoms with Crippen molar-refractivity contribution in [1.82, 2.24) is 14.3 Å². The number of nitrogens with zero attached hydrogens (tertiary/aromatic N) is 5. The van der Waals surface area contributed by atoms with E-state index in [0.29, 0.717) is 31.7 Å². The van der Waals surface area contributed by atoms with E-state index in [1.54, 1.807) is 6.92 Å². The number of benzene rings is 1. The van der Waals surface area contributed by atoms with Gasteiger partial charge in [0.2, 0.25) is 10.0 Å². The summed E-state index contributed by atoms with van der Waals surface area (Å²) in [7, 11) is -3.65. The van der Waals surface area contributed by atoms with Crippen molar-refractivity contribution in [3.05, 3.63) is 41.5 Å². The van der Waals surface area contributed by atoms with Gasteiger partial charge in [0, 0.05) is 45.3 Å². The van der Waals surface area contributed by atoms with Gasteiger partial charge >= 0.3 is 0 Å². The quantitative estimate of drug-likeness (QED) is 0.739. The van der Waals surface area contributed by atoms with Crippen LogP contribution < -0.4 is 9.80 Å². The highest BCUT2D eigenvalue weighted by Gasteiger charge is 2.30. The molecule has 0 unspecified atom stereocenters. The zero-order valence-electron chi connectivity index (χ0n) is 17.5. The van der Waals surface area contributed by atoms with Gasteiger partial charge in [0.25, 0.3) is 0 Å². The summed E-state index contributed by atoms with van der Waals surface area (Å²) in [6.45, 7) is 7.37. The van der Waals surface area contributed by atoms with Crippen molar-refractivity contribution in [3.63, 3.8) is 0 Å². The number of piperidine rings is 1. The summed E-state index contributed by atoms with van der Waals surface area (Å²) in [4.78, 5) is 13.8. The van der Waals surface area contributed by atoms with Crippen molar-refractivity contribution in [3.8, 4) is 0 Å². The highest BCUT2D eigenvalue weighted by molar-refractivity contribution is 7.89. The second kappa shape index (κ2) is 8.47. The Balaban J connectivity index is 1.48. The number of halogens is 1. The smallest absolute Gasteiger partial charge is 0.243 e. The summed E-state index contributed by atoms with van der Waals surface area (Å²) in [5, 5.41) is 0. The minimum absolute atomic E-state index is 0.169. The Morgan fingerprint density at radius 3 is 2.03 bits per heavy atom. The Labute approximate surface area is 177 Å². The third-order valence-corrected chi connectivity index (χ3v) is 7.87. The van der Waals surface area contributed by atoms with Crippen LogP contribution in [0.25, 0.3) is 0 Å². The van der Waals surface area contributed by atoms with Crippen LogP contribution >= 0.6 is 0 Å². The minimum Gasteiger partial charge on any atom is -0.356 e. The number of aryl methyl sites for hydroxylation is 2. The third-order valence-electron chi connectivity index (χ3n) is 5.81. The summed E-state index contributed by atoms with van der Waals surface area (Å²) in [5.41, 5.74) is 0.426. The van der Waals surface area contributed by atoms with E-state index in [1.165, 1.54) is 41.8 Å². The molecular formula is C21H28FN5O2S. The lowest BCUT2D eigenvalue weighted by Gasteiger charge is -2.35. The van der Waals surface area contributed by atoms with Crippen molar-refractivity contribution in [2.75, 3.05) is 49.1 Å². The maximum atomic E-state index is 13.4. The molecule has 9 heteroatoms. The van der Waals surface area contributed by atoms with Crippen molar-refractivity contribution in [2.45, 2.75) is 38.0 Å². The highest BCUT2D eigenvalue weighted by atomic mass is 32.2. The number of hydrogen-bond acceptors (Lipinski definition) is 6. The van der Waals surface area contributed by atoms with Crippen molar-refractivity contribution in [2.24, 2.45) is 0 Å². The summed E-state index contributed by atoms with van der Waals surface area (Å²) in [6.07, 6.45) is 3.62. The fraction of sp³-hybridized carbons (Fsp3) is 0.524. The first-order valence-electron chi connectivity index (χ1n) is 10.5. The lowest BCUT2D eigenvalue weighted by atomic mass is 10.1. The van der Waals surface area contributed by atoms with Gasteiger partial charge in [0.05, 0.1) is 4.90 Å². The Morgan fingerprint density at radius 1 is 0.833 bits per heavy atom. The molecule has 2 aromatic rings. The van der Waals surface area contributed by atoms with Gasteiger partial charge in [-0.2, -0.15) is 4.31 Å². The van der Waals surface area contributed by atoms with E-state index in [-0.39, 0.29) is 4.90 Å². The summed E-state index contributed by atoms with van der Waals surface area (Å²) < 4.78 is 40.9. The van der Waals surface area contributed by atoms with Crippen molar-refractivity contribution < 1.29 is 12.8 Å². The van der Waals surface area contributed by atoms with Crippen molar-refractivity contribution in [1.29, 1.82) is 0 Å². The maximum absolute atomic E-state index is 13.4. The first kappa shape index (κ1) is 21.0. The third kappa shape index (κ3) is 4.27. The molecule has 1 aromatic carbocycles. The zero-order chi connectivity index (χ0) is 21.3. The summed E-state index contributed by atoms with van der Waals surface area (Å²) >= 11 is 0. The average Bonchev–Trinajstić information content (AvgIpc) is 2.74. The molecule has 30 heavy (non-hydrogen) atoms. The molecule has 0 spiro atoms. The Bertz CT molecular complexity index is 1020. The number of anilines is 2. The monoisotopic (exact) mass is 433 g/mol. The number of piperazine rings is 1. The first-order valence-corrected chi connectivity index (χ1v) is 11.9. The van der Waals surface area contributed by atoms with E-state index in [9.17, 15) is 12.8 Å². The molecule has 162 valence electrons. The molecule has 3 heterocycles. The van der Waals surface area contributed by atoms with E-state index < -0.39 is 15.8 Å². The molecule has 0 aliphatic carbocycles. The Morgan fingerprint density at radius 2 is 1.43 bits per heavy atom. The molecule has 4 rings (SSSR count). The molecule has 0 atom stereocenters. The first-order chi connectivity index (χ1) is 14.3. The predicted octanol–water partition coefficient (Wildman–Crippen LogP) is 2.73. The van der Waals surface area contributed by atoms with E-state index in [2.05, 4.69) is 19.8 Å². The zero-order valence-corrected chi connectivity index (χ0v) is 18.3. The molecule has 2 aliphatic rings. The molecule has 0 radical (unpaired) electrons. The van der Waals surface area contributed by atoms with E-state index in [4.69, 9.17) is 0 Å². The van der Waals surface area contributed by atoms with Gasteiger partial charge in [-0.05, 0) is 56.9 Å². The molecule has 2 fully saturated rings. The van der Waals surface area contributed by atoms with Crippen LogP contribution in [0.4, 0.5) is 16.0 Å². The number of hydrogen-bond donors (Lipinski definition) is 0. The largest absolute Gasteiger partial charge is 0.356 e. The fourth-order valence-electron chi connectivity index (χ4n) is 4.18. The van der Waals surface area contributed by atoms with Crippen LogP contribution in [0.3, 0.4) is 0 Å². The van der Waals surface area contributed by atoms with Crippen LogP contribution in [0.1, 0.15) is 30.7 Å². The van der Waals surface area contributed by atoms with Crippen LogP contribution in [0, 0.1) is 19.7 Å². The second-order valence-corrected chi connectivity index (χ2v) is 9.89. The van der Waals surface area contributed by atoms with Crippen LogP contribution in [0.15, 0.2) is 29.2 Å². The lowest BCUT2D eigenvalue weighted by Crippen LogP contribution is -2.49. The number of rotatable bonds is 4. The predicted molar refractivity (Wildman–Crippen MR) is 115 cm³/mol. The van der Waals surface area contributed by atoms with E-state index >= 15 is 0 Å². The minimum atomic E-state index is -3.65. The molecular weight excluding hydrogens is 405 g/mol. The van der Waals surface area contributed by atoms with Gasteiger partial charge in [-0.15, -0.1) is 0 Å². The normalized spacial score (nSPS) is 18.6. The lowest BCUT2D eigenvalue weighted by molar-refractivity contribution is 0.383. The molecule has 2 saturated heterocycles. The van der Waals surface area contributed by atoms with Gasteiger partial charge < -0.3 is 9.80 Å². The highest BCUT2D eigenvalue weighted by Crippen LogP contribution is 2.26. The number of sulfonamides is 1. The maximum Gasteiger partial charge on any atom is 0.243 e. The van der Waals surface area contributed by atoms with Crippen LogP contribution in [-0.2, 0) is 10.0 Å². The summed E-state index contributed by atoms with van der Waals surface area (Å²) in [6, 6.07) is 5.83. The molecule has 0 amide bonds. The molecule has 0 saturated carbocycles. The van der Waals surface area contributed by atoms with Crippen LogP contribution in [0.5, 0.6) is 0 Å². The van der Waals surface area contributed by atoms with Gasteiger partial charge in [0.1, 0.15) is 23.3 Å². The van der Waals surface area contributed by atoms with E-state index in [1.807, 2.05) is 13.0 Å². The van der Waals surface area contributed by atoms with Crippen LogP contribution in [-0.4, -0.2) is 62.0 Å². The molecule has 2 aliphatic heterocycles. The van der Waals surface area contributed by atoms with E-state index in [0.717, 1.165) is 30.5 Å². The topological polar surface area (TPSA) is 69.6 Å². The fourth-order valence-corrected chi connectivity index (χ4v) is 5.81. The van der Waals surface area contributed by atoms with Gasteiger partial charge in [-0.1, -0.05) is 0 Å². The van der Waals surface area contributed by atoms with Gasteiger partial charge in [-0.3, -0.25) is 0 Å². The Hall–Kier alpha value is -2.26. The van der Waals surface area contributed by atoms with Crippen molar-refractivity contribution >= 4 is 21.7 Å². The summed E-state index contributed by atoms with van der Waals surface area (Å²) in [5.74, 6) is 2.09. The Kier molecular flexibility index (Phi) is 5.92. The number of aromatic nitrogens is 2. The molecule has 7 nitrogen and oxygen atoms in total. The van der Waals surface area contributed by atoms with Gasteiger partial charge in [-0.25, -0.2) is 22.8 Å². The second-order valence-electron chi connectivity index (χ2n) is 7.98. The van der Waals surface area contributed by atoms with Crippen LogP contribution in [0.2, 0.25) is 0 Å². The standard InChI is InChI=1S/C21H28FN5O2S/c1-16-14-18(22)6-7-19(16)30(28,29)27-12-10-26(11-13-27)21-15-20(23-17(2)24-21)25-8-4-3-5-9-25/h6-7,14-15H,3-5,8-13H2,1-2H3. The van der Waals surface area contributed by atoms with Gasteiger partial charge in [0.15, 0.2) is 0 Å². The molecule has 1 aromatic heterocycles.